The zero-order chi connectivity index (χ0) is 9.68. The summed E-state index contributed by atoms with van der Waals surface area (Å²) in [6.07, 6.45) is 2.75. The molecule has 0 bridgehead atoms. The average Bonchev–Trinajstić information content (AvgIpc) is 2.03. The summed E-state index contributed by atoms with van der Waals surface area (Å²) in [5.74, 6) is -1.23. The van der Waals surface area contributed by atoms with Gasteiger partial charge >= 0.3 is 0 Å². The molecule has 0 aliphatic carbocycles. The van der Waals surface area contributed by atoms with Crippen LogP contribution in [-0.4, -0.2) is 6.21 Å². The summed E-state index contributed by atoms with van der Waals surface area (Å²) in [7, 11) is 0. The molecule has 1 rings (SSSR count). The highest BCUT2D eigenvalue weighted by Gasteiger charge is 1.96. The Hall–Kier alpha value is -1.16. The minimum atomic E-state index is -0.615. The Morgan fingerprint density at radius 1 is 1.15 bits per heavy atom. The predicted octanol–water partition coefficient (Wildman–Crippen LogP) is 2.78. The Balaban J connectivity index is 2.89. The lowest BCUT2D eigenvalue weighted by molar-refractivity contribution is 0.583. The van der Waals surface area contributed by atoms with Crippen LogP contribution in [0, 0.1) is 11.6 Å². The summed E-state index contributed by atoms with van der Waals surface area (Å²) in [4.78, 5) is 3.73. The van der Waals surface area contributed by atoms with E-state index >= 15 is 0 Å². The van der Waals surface area contributed by atoms with Gasteiger partial charge in [0, 0.05) is 18.5 Å². The monoisotopic (exact) mass is 199 g/mol. The van der Waals surface area contributed by atoms with Gasteiger partial charge in [0.15, 0.2) is 0 Å². The predicted molar refractivity (Wildman–Crippen MR) is 52.1 cm³/mol. The molecule has 0 fully saturated rings. The van der Waals surface area contributed by atoms with Gasteiger partial charge in [0.25, 0.3) is 0 Å². The van der Waals surface area contributed by atoms with Gasteiger partial charge in [-0.1, -0.05) is 0 Å². The molecule has 0 N–H and O–H groups in total. The normalized spacial score (nSPS) is 11.6. The van der Waals surface area contributed by atoms with E-state index in [4.69, 9.17) is 0 Å². The molecule has 0 spiro atoms. The molecule has 4 heteroatoms. The van der Waals surface area contributed by atoms with E-state index in [1.165, 1.54) is 30.0 Å². The minimum Gasteiger partial charge on any atom is -0.264 e. The maximum Gasteiger partial charge on any atom is 0.126 e. The second kappa shape index (κ2) is 4.77. The number of aliphatic imine (C=N–C) groups is 1. The Labute approximate surface area is 80.2 Å². The summed E-state index contributed by atoms with van der Waals surface area (Å²) >= 11 is 3.77. The van der Waals surface area contributed by atoms with E-state index in [9.17, 15) is 8.78 Å². The van der Waals surface area contributed by atoms with Gasteiger partial charge < -0.3 is 0 Å². The van der Waals surface area contributed by atoms with Gasteiger partial charge in [0.1, 0.15) is 11.6 Å². The van der Waals surface area contributed by atoms with Gasteiger partial charge in [-0.15, -0.1) is 12.6 Å². The Morgan fingerprint density at radius 3 is 2.31 bits per heavy atom. The molecule has 0 aromatic heterocycles. The van der Waals surface area contributed by atoms with E-state index in [1.54, 1.807) is 0 Å². The van der Waals surface area contributed by atoms with Crippen molar-refractivity contribution in [2.45, 2.75) is 0 Å². The number of thiol groups is 1. The highest BCUT2D eigenvalue weighted by atomic mass is 32.1. The molecular weight excluding hydrogens is 192 g/mol. The van der Waals surface area contributed by atoms with Crippen LogP contribution >= 0.6 is 12.6 Å². The number of halogens is 2. The lowest BCUT2D eigenvalue weighted by Crippen LogP contribution is -1.85. The van der Waals surface area contributed by atoms with Crippen LogP contribution in [0.5, 0.6) is 0 Å². The fourth-order valence-corrected chi connectivity index (χ4v) is 0.894. The van der Waals surface area contributed by atoms with Crippen LogP contribution < -0.4 is 0 Å². The first-order valence-electron chi connectivity index (χ1n) is 3.51. The van der Waals surface area contributed by atoms with E-state index < -0.39 is 11.6 Å². The molecule has 0 amide bonds. The molecule has 68 valence electrons. The molecule has 0 aliphatic heterocycles. The fourth-order valence-electron chi connectivity index (χ4n) is 0.817. The first-order chi connectivity index (χ1) is 6.22. The maximum absolute atomic E-state index is 12.6. The molecular formula is C9H7F2NS. The summed E-state index contributed by atoms with van der Waals surface area (Å²) in [5.41, 5.74) is 0.379. The molecule has 0 saturated carbocycles. The number of hydrogen-bond acceptors (Lipinski definition) is 2. The minimum absolute atomic E-state index is 0.379. The summed E-state index contributed by atoms with van der Waals surface area (Å²) in [6, 6.07) is 3.20. The Bertz CT molecular complexity index is 327. The first-order valence-corrected chi connectivity index (χ1v) is 4.02. The second-order valence-electron chi connectivity index (χ2n) is 2.28. The van der Waals surface area contributed by atoms with Crippen LogP contribution in [0.2, 0.25) is 0 Å². The Kier molecular flexibility index (Phi) is 3.64. The second-order valence-corrected chi connectivity index (χ2v) is 2.58. The summed E-state index contributed by atoms with van der Waals surface area (Å²) in [6.45, 7) is 0. The van der Waals surface area contributed by atoms with Crippen molar-refractivity contribution in [3.05, 3.63) is 47.0 Å². The van der Waals surface area contributed by atoms with Crippen molar-refractivity contribution in [3.8, 4) is 0 Å². The van der Waals surface area contributed by atoms with Crippen LogP contribution in [0.1, 0.15) is 5.56 Å². The molecule has 0 unspecified atom stereocenters. The van der Waals surface area contributed by atoms with Gasteiger partial charge in [0.05, 0.1) is 0 Å². The van der Waals surface area contributed by atoms with Gasteiger partial charge in [-0.3, -0.25) is 4.99 Å². The molecule has 1 aromatic carbocycles. The van der Waals surface area contributed by atoms with E-state index in [-0.39, 0.29) is 0 Å². The Morgan fingerprint density at radius 2 is 1.77 bits per heavy atom. The van der Waals surface area contributed by atoms with E-state index in [0.717, 1.165) is 6.07 Å². The smallest absolute Gasteiger partial charge is 0.126 e. The lowest BCUT2D eigenvalue weighted by atomic mass is 10.2. The van der Waals surface area contributed by atoms with Crippen molar-refractivity contribution in [2.24, 2.45) is 4.99 Å². The quantitative estimate of drug-likeness (QED) is 0.555. The van der Waals surface area contributed by atoms with Crippen LogP contribution in [-0.2, 0) is 0 Å². The molecule has 0 saturated heterocycles. The molecule has 0 aliphatic rings. The van der Waals surface area contributed by atoms with Crippen LogP contribution in [0.15, 0.2) is 34.8 Å². The lowest BCUT2D eigenvalue weighted by Gasteiger charge is -1.93. The highest BCUT2D eigenvalue weighted by molar-refractivity contribution is 7.83. The maximum atomic E-state index is 12.6. The molecule has 0 atom stereocenters. The fraction of sp³-hybridized carbons (Fsp3) is 0. The summed E-state index contributed by atoms with van der Waals surface area (Å²) < 4.78 is 25.2. The third kappa shape index (κ3) is 3.38. The van der Waals surface area contributed by atoms with Crippen LogP contribution in [0.25, 0.3) is 0 Å². The average molecular weight is 199 g/mol. The highest BCUT2D eigenvalue weighted by Crippen LogP contribution is 2.05. The third-order valence-corrected chi connectivity index (χ3v) is 1.39. The number of nitrogens with zero attached hydrogens (tertiary/aromatic N) is 1. The number of benzene rings is 1. The zero-order valence-electron chi connectivity index (χ0n) is 6.61. The van der Waals surface area contributed by atoms with Crippen molar-refractivity contribution < 1.29 is 8.78 Å². The largest absolute Gasteiger partial charge is 0.264 e. The van der Waals surface area contributed by atoms with Crippen molar-refractivity contribution in [3.63, 3.8) is 0 Å². The molecule has 1 nitrogen and oxygen atoms in total. The topological polar surface area (TPSA) is 12.4 Å². The third-order valence-electron chi connectivity index (χ3n) is 1.26. The van der Waals surface area contributed by atoms with E-state index in [2.05, 4.69) is 17.6 Å². The van der Waals surface area contributed by atoms with Crippen molar-refractivity contribution in [2.75, 3.05) is 0 Å². The standard InChI is InChI=1S/C9H7F2NS/c10-8-3-7(4-9(11)5-8)6-12-1-2-13/h1-6,13H/b2-1+,12-6?. The molecule has 0 radical (unpaired) electrons. The van der Waals surface area contributed by atoms with Crippen LogP contribution in [0.3, 0.4) is 0 Å². The van der Waals surface area contributed by atoms with Crippen molar-refractivity contribution in [1.29, 1.82) is 0 Å². The summed E-state index contributed by atoms with van der Waals surface area (Å²) in [5, 5.41) is 1.42. The van der Waals surface area contributed by atoms with E-state index in [1.807, 2.05) is 0 Å². The van der Waals surface area contributed by atoms with Gasteiger partial charge in [0.2, 0.25) is 0 Å². The van der Waals surface area contributed by atoms with Crippen molar-refractivity contribution in [1.82, 2.24) is 0 Å². The molecule has 1 aromatic rings. The molecule has 0 heterocycles. The first kappa shape index (κ1) is 9.92. The van der Waals surface area contributed by atoms with Gasteiger partial charge in [-0.25, -0.2) is 8.78 Å². The van der Waals surface area contributed by atoms with Gasteiger partial charge in [-0.05, 0) is 23.1 Å². The van der Waals surface area contributed by atoms with Crippen molar-refractivity contribution >= 4 is 18.8 Å². The van der Waals surface area contributed by atoms with Crippen LogP contribution in [0.4, 0.5) is 8.78 Å². The number of rotatable bonds is 2. The zero-order valence-corrected chi connectivity index (χ0v) is 7.51. The molecule has 13 heavy (non-hydrogen) atoms. The SMILES string of the molecule is Fc1cc(F)cc(C=N/C=C/S)c1. The van der Waals surface area contributed by atoms with Gasteiger partial charge in [-0.2, -0.15) is 0 Å². The number of hydrogen-bond donors (Lipinski definition) is 1. The van der Waals surface area contributed by atoms with E-state index in [0.29, 0.717) is 5.56 Å².